The molecule has 2 aromatic carbocycles. The maximum Gasteiger partial charge on any atom is 0.293 e. The van der Waals surface area contributed by atoms with Crippen LogP contribution in [0.3, 0.4) is 0 Å². The van der Waals surface area contributed by atoms with Crippen molar-refractivity contribution >= 4 is 17.5 Å². The van der Waals surface area contributed by atoms with Gasteiger partial charge in [0.25, 0.3) is 5.91 Å². The molecule has 0 unspecified atom stereocenters. The summed E-state index contributed by atoms with van der Waals surface area (Å²) in [7, 11) is 1.69. The molecule has 130 valence electrons. The molecule has 3 rings (SSSR count). The van der Waals surface area contributed by atoms with E-state index in [1.54, 1.807) is 47.8 Å². The number of hydrogen-bond acceptors (Lipinski definition) is 4. The molecule has 1 heterocycles. The molecule has 0 radical (unpaired) electrons. The molecule has 26 heavy (non-hydrogen) atoms. The van der Waals surface area contributed by atoms with Crippen molar-refractivity contribution in [3.05, 3.63) is 76.3 Å². The third-order valence-corrected chi connectivity index (χ3v) is 4.13. The number of hydrogen-bond donors (Lipinski definition) is 0. The molecule has 0 saturated carbocycles. The van der Waals surface area contributed by atoms with Gasteiger partial charge in [-0.3, -0.25) is 4.79 Å². The first-order valence-electron chi connectivity index (χ1n) is 7.92. The number of carbonyl (C=O) groups excluding carboxylic acids is 1. The smallest absolute Gasteiger partial charge is 0.293 e. The van der Waals surface area contributed by atoms with Crippen molar-refractivity contribution in [1.29, 1.82) is 5.26 Å². The number of nitriles is 1. The van der Waals surface area contributed by atoms with Crippen LogP contribution in [0.25, 0.3) is 5.69 Å². The fraction of sp³-hybridized carbons (Fsp3) is 0.158. The fourth-order valence-corrected chi connectivity index (χ4v) is 2.63. The van der Waals surface area contributed by atoms with Crippen LogP contribution in [0.5, 0.6) is 0 Å². The minimum atomic E-state index is -0.273. The summed E-state index contributed by atoms with van der Waals surface area (Å²) in [5.74, 6) is 0.473. The lowest BCUT2D eigenvalue weighted by Gasteiger charge is -2.15. The van der Waals surface area contributed by atoms with Gasteiger partial charge in [-0.15, -0.1) is 5.10 Å². The van der Waals surface area contributed by atoms with Gasteiger partial charge >= 0.3 is 0 Å². The zero-order valence-corrected chi connectivity index (χ0v) is 15.1. The van der Waals surface area contributed by atoms with Gasteiger partial charge in [0.15, 0.2) is 0 Å². The average molecular weight is 366 g/mol. The SMILES string of the molecule is Cc1nc(C(=O)N(C)Cc2ccc(C#N)cc2)nn1-c1ccc(Cl)cc1. The Morgan fingerprint density at radius 2 is 1.85 bits per heavy atom. The highest BCUT2D eigenvalue weighted by Crippen LogP contribution is 2.15. The molecule has 1 aromatic heterocycles. The van der Waals surface area contributed by atoms with Crippen LogP contribution in [0.15, 0.2) is 48.5 Å². The van der Waals surface area contributed by atoms with Gasteiger partial charge in [-0.25, -0.2) is 9.67 Å². The van der Waals surface area contributed by atoms with Gasteiger partial charge in [0, 0.05) is 18.6 Å². The highest BCUT2D eigenvalue weighted by atomic mass is 35.5. The number of amides is 1. The summed E-state index contributed by atoms with van der Waals surface area (Å²) >= 11 is 5.91. The van der Waals surface area contributed by atoms with E-state index in [0.717, 1.165) is 11.3 Å². The quantitative estimate of drug-likeness (QED) is 0.710. The fourth-order valence-electron chi connectivity index (χ4n) is 2.51. The molecule has 0 aliphatic heterocycles. The Hall–Kier alpha value is -3.17. The number of halogens is 1. The first-order chi connectivity index (χ1) is 12.5. The van der Waals surface area contributed by atoms with Crippen LogP contribution in [0.1, 0.15) is 27.6 Å². The summed E-state index contributed by atoms with van der Waals surface area (Å²) in [6, 6.07) is 16.3. The summed E-state index contributed by atoms with van der Waals surface area (Å²) in [6.45, 7) is 2.19. The Bertz CT molecular complexity index is 971. The Kier molecular flexibility index (Phi) is 5.01. The van der Waals surface area contributed by atoms with Crippen LogP contribution in [0.2, 0.25) is 5.02 Å². The second-order valence-electron chi connectivity index (χ2n) is 5.84. The van der Waals surface area contributed by atoms with Crippen LogP contribution < -0.4 is 0 Å². The Labute approximate surface area is 156 Å². The van der Waals surface area contributed by atoms with Gasteiger partial charge in [-0.05, 0) is 48.9 Å². The van der Waals surface area contributed by atoms with Crippen LogP contribution in [0.4, 0.5) is 0 Å². The van der Waals surface area contributed by atoms with E-state index in [4.69, 9.17) is 16.9 Å². The Morgan fingerprint density at radius 3 is 2.46 bits per heavy atom. The van der Waals surface area contributed by atoms with E-state index in [1.807, 2.05) is 24.3 Å². The Morgan fingerprint density at radius 1 is 1.19 bits per heavy atom. The molecule has 3 aromatic rings. The van der Waals surface area contributed by atoms with Crippen molar-refractivity contribution in [2.75, 3.05) is 7.05 Å². The van der Waals surface area contributed by atoms with E-state index >= 15 is 0 Å². The lowest BCUT2D eigenvalue weighted by molar-refractivity contribution is 0.0773. The predicted molar refractivity (Wildman–Crippen MR) is 98.1 cm³/mol. The average Bonchev–Trinajstić information content (AvgIpc) is 3.04. The Balaban J connectivity index is 1.77. The number of nitrogens with zero attached hydrogens (tertiary/aromatic N) is 5. The molecule has 0 fully saturated rings. The summed E-state index contributed by atoms with van der Waals surface area (Å²) in [6.07, 6.45) is 0. The summed E-state index contributed by atoms with van der Waals surface area (Å²) in [4.78, 5) is 18.5. The third-order valence-electron chi connectivity index (χ3n) is 3.88. The summed E-state index contributed by atoms with van der Waals surface area (Å²) in [5, 5.41) is 13.8. The predicted octanol–water partition coefficient (Wildman–Crippen LogP) is 3.37. The molecular formula is C19H16ClN5O. The van der Waals surface area contributed by atoms with Gasteiger partial charge in [-0.2, -0.15) is 5.26 Å². The van der Waals surface area contributed by atoms with Crippen molar-refractivity contribution < 1.29 is 4.79 Å². The van der Waals surface area contributed by atoms with Gasteiger partial charge in [0.05, 0.1) is 17.3 Å². The van der Waals surface area contributed by atoms with Crippen molar-refractivity contribution in [3.63, 3.8) is 0 Å². The van der Waals surface area contributed by atoms with E-state index in [9.17, 15) is 4.79 Å². The summed E-state index contributed by atoms with van der Waals surface area (Å²) < 4.78 is 1.61. The standard InChI is InChI=1S/C19H16ClN5O/c1-13-22-18(23-25(13)17-9-7-16(20)8-10-17)19(26)24(2)12-15-5-3-14(11-21)4-6-15/h3-10H,12H2,1-2H3. The third kappa shape index (κ3) is 3.73. The monoisotopic (exact) mass is 365 g/mol. The number of rotatable bonds is 4. The van der Waals surface area contributed by atoms with Crippen molar-refractivity contribution in [1.82, 2.24) is 19.7 Å². The van der Waals surface area contributed by atoms with Crippen LogP contribution in [-0.2, 0) is 6.54 Å². The molecule has 0 spiro atoms. The van der Waals surface area contributed by atoms with Crippen LogP contribution in [-0.4, -0.2) is 32.6 Å². The van der Waals surface area contributed by atoms with E-state index in [1.165, 1.54) is 0 Å². The molecule has 0 atom stereocenters. The van der Waals surface area contributed by atoms with Crippen molar-refractivity contribution in [2.24, 2.45) is 0 Å². The second kappa shape index (κ2) is 7.38. The number of aryl methyl sites for hydroxylation is 1. The molecule has 0 bridgehead atoms. The topological polar surface area (TPSA) is 74.8 Å². The lowest BCUT2D eigenvalue weighted by Crippen LogP contribution is -2.27. The highest BCUT2D eigenvalue weighted by molar-refractivity contribution is 6.30. The van der Waals surface area contributed by atoms with E-state index in [0.29, 0.717) is 23.0 Å². The maximum atomic E-state index is 12.6. The molecule has 0 N–H and O–H groups in total. The zero-order chi connectivity index (χ0) is 18.7. The van der Waals surface area contributed by atoms with Crippen LogP contribution in [0, 0.1) is 18.3 Å². The molecular weight excluding hydrogens is 350 g/mol. The minimum Gasteiger partial charge on any atom is -0.335 e. The molecule has 0 saturated heterocycles. The van der Waals surface area contributed by atoms with Crippen molar-refractivity contribution in [3.8, 4) is 11.8 Å². The van der Waals surface area contributed by atoms with E-state index in [2.05, 4.69) is 16.2 Å². The number of aromatic nitrogens is 3. The first kappa shape index (κ1) is 17.6. The molecule has 0 aliphatic rings. The normalized spacial score (nSPS) is 10.4. The van der Waals surface area contributed by atoms with Gasteiger partial charge in [-0.1, -0.05) is 23.7 Å². The van der Waals surface area contributed by atoms with E-state index in [-0.39, 0.29) is 11.7 Å². The first-order valence-corrected chi connectivity index (χ1v) is 8.30. The lowest BCUT2D eigenvalue weighted by atomic mass is 10.1. The van der Waals surface area contributed by atoms with Crippen LogP contribution >= 0.6 is 11.6 Å². The minimum absolute atomic E-state index is 0.133. The molecule has 7 heteroatoms. The molecule has 1 amide bonds. The molecule has 0 aliphatic carbocycles. The van der Waals surface area contributed by atoms with Gasteiger partial charge in [0.2, 0.25) is 5.82 Å². The maximum absolute atomic E-state index is 12.6. The zero-order valence-electron chi connectivity index (χ0n) is 14.3. The molecule has 6 nitrogen and oxygen atoms in total. The van der Waals surface area contributed by atoms with Crippen molar-refractivity contribution in [2.45, 2.75) is 13.5 Å². The van der Waals surface area contributed by atoms with Gasteiger partial charge < -0.3 is 4.90 Å². The number of carbonyl (C=O) groups is 1. The largest absolute Gasteiger partial charge is 0.335 e. The van der Waals surface area contributed by atoms with E-state index < -0.39 is 0 Å². The second-order valence-corrected chi connectivity index (χ2v) is 6.28. The highest BCUT2D eigenvalue weighted by Gasteiger charge is 2.19. The number of benzene rings is 2. The summed E-state index contributed by atoms with van der Waals surface area (Å²) in [5.41, 5.74) is 2.30. The van der Waals surface area contributed by atoms with Gasteiger partial charge in [0.1, 0.15) is 5.82 Å².